The van der Waals surface area contributed by atoms with Gasteiger partial charge in [-0.2, -0.15) is 0 Å². The highest BCUT2D eigenvalue weighted by molar-refractivity contribution is 6.41. The quantitative estimate of drug-likeness (QED) is 0.824. The first-order chi connectivity index (χ1) is 9.90. The lowest BCUT2D eigenvalue weighted by molar-refractivity contribution is 0.0696. The topological polar surface area (TPSA) is 79.3 Å². The van der Waals surface area contributed by atoms with Crippen molar-refractivity contribution >= 4 is 52.4 Å². The fraction of sp³-hybridized carbons (Fsp3) is 0. The molecule has 0 saturated carbocycles. The van der Waals surface area contributed by atoms with E-state index in [1.807, 2.05) is 0 Å². The minimum Gasteiger partial charge on any atom is -0.478 e. The lowest BCUT2D eigenvalue weighted by atomic mass is 10.2. The van der Waals surface area contributed by atoms with Crippen LogP contribution < -0.4 is 5.32 Å². The minimum absolute atomic E-state index is 0.00765. The Kier molecular flexibility index (Phi) is 4.67. The van der Waals surface area contributed by atoms with E-state index in [0.29, 0.717) is 0 Å². The minimum atomic E-state index is -1.17. The second-order valence-electron chi connectivity index (χ2n) is 3.92. The van der Waals surface area contributed by atoms with Crippen molar-refractivity contribution in [3.05, 3.63) is 56.8 Å². The van der Waals surface area contributed by atoms with E-state index < -0.39 is 11.9 Å². The Hall–Kier alpha value is -1.82. The molecular weight excluding hydrogens is 339 g/mol. The predicted octanol–water partition coefficient (Wildman–Crippen LogP) is 3.99. The molecule has 1 heterocycles. The lowest BCUT2D eigenvalue weighted by Crippen LogP contribution is -2.14. The zero-order valence-electron chi connectivity index (χ0n) is 10.2. The smallest absolute Gasteiger partial charge is 0.335 e. The maximum Gasteiger partial charge on any atom is 0.335 e. The maximum atomic E-state index is 12.1. The summed E-state index contributed by atoms with van der Waals surface area (Å²) in [7, 11) is 0. The normalized spacial score (nSPS) is 10.2. The van der Waals surface area contributed by atoms with Crippen LogP contribution in [-0.2, 0) is 0 Å². The van der Waals surface area contributed by atoms with Crippen LogP contribution in [0.3, 0.4) is 0 Å². The molecule has 1 aromatic heterocycles. The highest BCUT2D eigenvalue weighted by Gasteiger charge is 2.17. The van der Waals surface area contributed by atoms with Crippen LogP contribution in [0.1, 0.15) is 20.7 Å². The van der Waals surface area contributed by atoms with E-state index in [0.717, 1.165) is 0 Å². The molecule has 8 heteroatoms. The molecule has 0 atom stereocenters. The average Bonchev–Trinajstić information content (AvgIpc) is 2.42. The van der Waals surface area contributed by atoms with Gasteiger partial charge in [0.15, 0.2) is 0 Å². The van der Waals surface area contributed by atoms with Crippen LogP contribution in [0.25, 0.3) is 0 Å². The van der Waals surface area contributed by atoms with Crippen LogP contribution in [0.15, 0.2) is 30.5 Å². The van der Waals surface area contributed by atoms with Crippen molar-refractivity contribution in [1.82, 2.24) is 4.98 Å². The van der Waals surface area contributed by atoms with Crippen LogP contribution in [0.2, 0.25) is 15.2 Å². The summed E-state index contributed by atoms with van der Waals surface area (Å²) in [6.45, 7) is 0. The highest BCUT2D eigenvalue weighted by Crippen LogP contribution is 2.32. The number of carboxylic acid groups (broad SMARTS) is 1. The van der Waals surface area contributed by atoms with Gasteiger partial charge in [-0.05, 0) is 24.3 Å². The predicted molar refractivity (Wildman–Crippen MR) is 80.6 cm³/mol. The Balaban J connectivity index is 2.34. The van der Waals surface area contributed by atoms with Crippen molar-refractivity contribution in [1.29, 1.82) is 0 Å². The van der Waals surface area contributed by atoms with Gasteiger partial charge in [-0.3, -0.25) is 4.79 Å². The average molecular weight is 346 g/mol. The Morgan fingerprint density at radius 3 is 2.29 bits per heavy atom. The van der Waals surface area contributed by atoms with Gasteiger partial charge in [0.05, 0.1) is 26.9 Å². The Morgan fingerprint density at radius 1 is 1.14 bits per heavy atom. The number of carbonyl (C=O) groups excluding carboxylic acids is 1. The number of aromatic carboxylic acids is 1. The molecule has 2 aromatic rings. The van der Waals surface area contributed by atoms with E-state index >= 15 is 0 Å². The van der Waals surface area contributed by atoms with E-state index in [9.17, 15) is 9.59 Å². The summed E-state index contributed by atoms with van der Waals surface area (Å²) in [5.74, 6) is -1.73. The fourth-order valence-corrected chi connectivity index (χ4v) is 2.34. The SMILES string of the molecule is O=C(O)c1cc(Cl)c(NC(=O)c2cccnc2Cl)c(Cl)c1. The van der Waals surface area contributed by atoms with Crippen molar-refractivity contribution < 1.29 is 14.7 Å². The molecule has 0 aliphatic heterocycles. The summed E-state index contributed by atoms with van der Waals surface area (Å²) >= 11 is 17.7. The first-order valence-corrected chi connectivity index (χ1v) is 6.67. The molecule has 0 aliphatic carbocycles. The van der Waals surface area contributed by atoms with Crippen LogP contribution in [0, 0.1) is 0 Å². The molecular formula is C13H7Cl3N2O3. The molecule has 0 bridgehead atoms. The van der Waals surface area contributed by atoms with Gasteiger partial charge in [-0.25, -0.2) is 9.78 Å². The summed E-state index contributed by atoms with van der Waals surface area (Å²) in [5.41, 5.74) is 0.171. The number of carboxylic acids is 1. The van der Waals surface area contributed by atoms with E-state index in [1.54, 1.807) is 6.07 Å². The molecule has 0 unspecified atom stereocenters. The van der Waals surface area contributed by atoms with Gasteiger partial charge in [0.25, 0.3) is 5.91 Å². The third-order valence-corrected chi connectivity index (χ3v) is 3.43. The maximum absolute atomic E-state index is 12.1. The lowest BCUT2D eigenvalue weighted by Gasteiger charge is -2.10. The Morgan fingerprint density at radius 2 is 1.76 bits per heavy atom. The van der Waals surface area contributed by atoms with Crippen LogP contribution in [0.4, 0.5) is 5.69 Å². The summed E-state index contributed by atoms with van der Waals surface area (Å²) in [6.07, 6.45) is 1.45. The molecule has 0 fully saturated rings. The third-order valence-electron chi connectivity index (χ3n) is 2.53. The Labute approximate surface area is 134 Å². The largest absolute Gasteiger partial charge is 0.478 e. The van der Waals surface area contributed by atoms with E-state index in [4.69, 9.17) is 39.9 Å². The molecule has 1 amide bonds. The van der Waals surface area contributed by atoms with Crippen molar-refractivity contribution in [2.75, 3.05) is 5.32 Å². The summed E-state index contributed by atoms with van der Waals surface area (Å²) in [6, 6.07) is 5.42. The second kappa shape index (κ2) is 6.30. The number of hydrogen-bond donors (Lipinski definition) is 2. The number of hydrogen-bond acceptors (Lipinski definition) is 3. The van der Waals surface area contributed by atoms with Gasteiger partial charge in [-0.15, -0.1) is 0 Å². The third kappa shape index (κ3) is 3.44. The first kappa shape index (κ1) is 15.6. The van der Waals surface area contributed by atoms with Crippen molar-refractivity contribution in [2.45, 2.75) is 0 Å². The molecule has 21 heavy (non-hydrogen) atoms. The molecule has 2 N–H and O–H groups in total. The van der Waals surface area contributed by atoms with Crippen molar-refractivity contribution in [3.63, 3.8) is 0 Å². The summed E-state index contributed by atoms with van der Waals surface area (Å²) in [4.78, 5) is 26.7. The second-order valence-corrected chi connectivity index (χ2v) is 5.09. The fourth-order valence-electron chi connectivity index (χ4n) is 1.55. The first-order valence-electron chi connectivity index (χ1n) is 5.54. The van der Waals surface area contributed by atoms with Crippen LogP contribution in [-0.4, -0.2) is 22.0 Å². The number of carbonyl (C=O) groups is 2. The zero-order chi connectivity index (χ0) is 15.6. The van der Waals surface area contributed by atoms with Crippen LogP contribution >= 0.6 is 34.8 Å². The molecule has 0 radical (unpaired) electrons. The number of pyridine rings is 1. The van der Waals surface area contributed by atoms with Gasteiger partial charge >= 0.3 is 5.97 Å². The molecule has 5 nitrogen and oxygen atoms in total. The molecule has 108 valence electrons. The number of nitrogens with zero attached hydrogens (tertiary/aromatic N) is 1. The number of rotatable bonds is 3. The molecule has 0 saturated heterocycles. The Bertz CT molecular complexity index is 711. The summed E-state index contributed by atoms with van der Waals surface area (Å²) < 4.78 is 0. The molecule has 0 spiro atoms. The van der Waals surface area contributed by atoms with Crippen molar-refractivity contribution in [2.24, 2.45) is 0 Å². The number of nitrogens with one attached hydrogen (secondary N) is 1. The van der Waals surface area contributed by atoms with Gasteiger partial charge in [0.1, 0.15) is 5.15 Å². The number of benzene rings is 1. The van der Waals surface area contributed by atoms with Gasteiger partial charge in [0, 0.05) is 6.20 Å². The standard InChI is InChI=1S/C13H7Cl3N2O3/c14-8-4-6(13(20)21)5-9(15)10(8)18-12(19)7-2-1-3-17-11(7)16/h1-5H,(H,18,19)(H,20,21). The van der Waals surface area contributed by atoms with E-state index in [-0.39, 0.29) is 32.0 Å². The van der Waals surface area contributed by atoms with Crippen molar-refractivity contribution in [3.8, 4) is 0 Å². The molecule has 2 rings (SSSR count). The molecule has 0 aliphatic rings. The number of amides is 1. The highest BCUT2D eigenvalue weighted by atomic mass is 35.5. The number of halogens is 3. The monoisotopic (exact) mass is 344 g/mol. The number of anilines is 1. The van der Waals surface area contributed by atoms with Gasteiger partial charge in [-0.1, -0.05) is 34.8 Å². The van der Waals surface area contributed by atoms with E-state index in [1.165, 1.54) is 24.4 Å². The zero-order valence-corrected chi connectivity index (χ0v) is 12.5. The van der Waals surface area contributed by atoms with Gasteiger partial charge < -0.3 is 10.4 Å². The summed E-state index contributed by atoms with van der Waals surface area (Å²) in [5, 5.41) is 11.4. The molecule has 1 aromatic carbocycles. The van der Waals surface area contributed by atoms with Gasteiger partial charge in [0.2, 0.25) is 0 Å². The van der Waals surface area contributed by atoms with E-state index in [2.05, 4.69) is 10.3 Å². The number of aromatic nitrogens is 1. The van der Waals surface area contributed by atoms with Crippen LogP contribution in [0.5, 0.6) is 0 Å².